The Kier molecular flexibility index (Phi) is 3.77. The van der Waals surface area contributed by atoms with E-state index in [9.17, 15) is 4.79 Å². The molecule has 102 valence electrons. The van der Waals surface area contributed by atoms with Crippen LogP contribution < -0.4 is 0 Å². The maximum atomic E-state index is 12.6. The molecule has 0 N–H and O–H groups in total. The Hall–Kier alpha value is -0.670. The number of nitrogens with zero attached hydrogens (tertiary/aromatic N) is 1. The SMILES string of the molecule is CSc1ccc(C(=O)N2C3CCC2CC(Cl)C3)cc1. The van der Waals surface area contributed by atoms with Crippen LogP contribution in [0.25, 0.3) is 0 Å². The number of thioether (sulfide) groups is 1. The van der Waals surface area contributed by atoms with Crippen LogP contribution in [0, 0.1) is 0 Å². The van der Waals surface area contributed by atoms with Crippen molar-refractivity contribution >= 4 is 29.3 Å². The minimum Gasteiger partial charge on any atom is -0.333 e. The lowest BCUT2D eigenvalue weighted by atomic mass is 10.0. The predicted octanol–water partition coefficient (Wildman–Crippen LogP) is 3.78. The third-order valence-electron chi connectivity index (χ3n) is 4.25. The number of hydrogen-bond acceptors (Lipinski definition) is 2. The molecule has 2 aliphatic rings. The zero-order valence-corrected chi connectivity index (χ0v) is 12.6. The van der Waals surface area contributed by atoms with E-state index in [4.69, 9.17) is 11.6 Å². The van der Waals surface area contributed by atoms with Gasteiger partial charge in [0.1, 0.15) is 0 Å². The summed E-state index contributed by atoms with van der Waals surface area (Å²) in [6.07, 6.45) is 6.17. The molecule has 2 unspecified atom stereocenters. The largest absolute Gasteiger partial charge is 0.333 e. The zero-order chi connectivity index (χ0) is 13.4. The van der Waals surface area contributed by atoms with E-state index in [1.165, 1.54) is 4.90 Å². The third kappa shape index (κ3) is 2.50. The van der Waals surface area contributed by atoms with E-state index in [-0.39, 0.29) is 11.3 Å². The average molecular weight is 296 g/mol. The van der Waals surface area contributed by atoms with E-state index >= 15 is 0 Å². The molecule has 0 aromatic heterocycles. The fourth-order valence-corrected chi connectivity index (χ4v) is 4.14. The first-order valence-corrected chi connectivity index (χ1v) is 8.46. The molecule has 2 bridgehead atoms. The van der Waals surface area contributed by atoms with Gasteiger partial charge >= 0.3 is 0 Å². The predicted molar refractivity (Wildman–Crippen MR) is 80.1 cm³/mol. The molecule has 0 spiro atoms. The first-order chi connectivity index (χ1) is 9.19. The number of alkyl halides is 1. The number of benzene rings is 1. The van der Waals surface area contributed by atoms with Crippen molar-refractivity contribution in [2.24, 2.45) is 0 Å². The molecule has 2 saturated heterocycles. The van der Waals surface area contributed by atoms with Crippen LogP contribution in [0.5, 0.6) is 0 Å². The van der Waals surface area contributed by atoms with Gasteiger partial charge in [0.05, 0.1) is 0 Å². The Labute approximate surface area is 123 Å². The Morgan fingerprint density at radius 1 is 1.21 bits per heavy atom. The molecule has 2 nitrogen and oxygen atoms in total. The highest BCUT2D eigenvalue weighted by atomic mass is 35.5. The van der Waals surface area contributed by atoms with Crippen molar-refractivity contribution in [1.82, 2.24) is 4.90 Å². The zero-order valence-electron chi connectivity index (χ0n) is 11.0. The first-order valence-electron chi connectivity index (χ1n) is 6.80. The fraction of sp³-hybridized carbons (Fsp3) is 0.533. The van der Waals surface area contributed by atoms with Crippen molar-refractivity contribution in [2.75, 3.05) is 6.26 Å². The maximum Gasteiger partial charge on any atom is 0.254 e. The Bertz CT molecular complexity index is 462. The molecule has 1 amide bonds. The maximum absolute atomic E-state index is 12.6. The van der Waals surface area contributed by atoms with Crippen LogP contribution in [-0.2, 0) is 0 Å². The topological polar surface area (TPSA) is 20.3 Å². The van der Waals surface area contributed by atoms with Gasteiger partial charge in [-0.25, -0.2) is 0 Å². The molecule has 2 fully saturated rings. The van der Waals surface area contributed by atoms with E-state index in [0.717, 1.165) is 31.2 Å². The van der Waals surface area contributed by atoms with Crippen molar-refractivity contribution in [3.05, 3.63) is 29.8 Å². The van der Waals surface area contributed by atoms with Crippen LogP contribution in [0.4, 0.5) is 0 Å². The minimum absolute atomic E-state index is 0.184. The standard InChI is InChI=1S/C15H18ClNOS/c1-19-14-6-2-10(3-7-14)15(18)17-12-4-5-13(17)9-11(16)8-12/h2-3,6-7,11-13H,4-5,8-9H2,1H3. The van der Waals surface area contributed by atoms with Gasteiger partial charge in [-0.3, -0.25) is 4.79 Å². The summed E-state index contributed by atoms with van der Waals surface area (Å²) in [7, 11) is 0. The van der Waals surface area contributed by atoms with Crippen LogP contribution >= 0.6 is 23.4 Å². The van der Waals surface area contributed by atoms with E-state index in [1.54, 1.807) is 11.8 Å². The van der Waals surface area contributed by atoms with Gasteiger partial charge < -0.3 is 4.90 Å². The van der Waals surface area contributed by atoms with Crippen molar-refractivity contribution in [2.45, 2.75) is 48.0 Å². The Morgan fingerprint density at radius 2 is 1.79 bits per heavy atom. The van der Waals surface area contributed by atoms with Gasteiger partial charge in [-0.2, -0.15) is 0 Å². The molecule has 4 heteroatoms. The summed E-state index contributed by atoms with van der Waals surface area (Å²) in [6, 6.07) is 8.64. The lowest BCUT2D eigenvalue weighted by Crippen LogP contribution is -2.46. The molecule has 2 aliphatic heterocycles. The number of fused-ring (bicyclic) bond motifs is 2. The summed E-state index contributed by atoms with van der Waals surface area (Å²) in [5.74, 6) is 0.184. The quantitative estimate of drug-likeness (QED) is 0.611. The smallest absolute Gasteiger partial charge is 0.254 e. The molecule has 1 aromatic carbocycles. The summed E-state index contributed by atoms with van der Waals surface area (Å²) in [5, 5.41) is 0.250. The lowest BCUT2D eigenvalue weighted by molar-refractivity contribution is 0.0599. The number of carbonyl (C=O) groups is 1. The highest BCUT2D eigenvalue weighted by molar-refractivity contribution is 7.98. The molecule has 0 radical (unpaired) electrons. The van der Waals surface area contributed by atoms with E-state index in [1.807, 2.05) is 30.5 Å². The third-order valence-corrected chi connectivity index (χ3v) is 5.35. The normalized spacial score (nSPS) is 29.6. The molecule has 3 rings (SSSR count). The van der Waals surface area contributed by atoms with Crippen molar-refractivity contribution in [3.8, 4) is 0 Å². The number of hydrogen-bond donors (Lipinski definition) is 0. The number of amides is 1. The Balaban J connectivity index is 1.80. The van der Waals surface area contributed by atoms with Gasteiger partial charge in [0.25, 0.3) is 5.91 Å². The van der Waals surface area contributed by atoms with Gasteiger partial charge in [0.15, 0.2) is 0 Å². The number of carbonyl (C=O) groups excluding carboxylic acids is 1. The van der Waals surface area contributed by atoms with Gasteiger partial charge in [-0.15, -0.1) is 23.4 Å². The summed E-state index contributed by atoms with van der Waals surface area (Å²) < 4.78 is 0. The molecule has 2 heterocycles. The van der Waals surface area contributed by atoms with Gasteiger partial charge in [-0.05, 0) is 56.2 Å². The van der Waals surface area contributed by atoms with Crippen LogP contribution in [0.15, 0.2) is 29.2 Å². The van der Waals surface area contributed by atoms with Gasteiger partial charge in [-0.1, -0.05) is 0 Å². The van der Waals surface area contributed by atoms with Crippen LogP contribution in [0.1, 0.15) is 36.0 Å². The monoisotopic (exact) mass is 295 g/mol. The Morgan fingerprint density at radius 3 is 2.32 bits per heavy atom. The van der Waals surface area contributed by atoms with Crippen LogP contribution in [-0.4, -0.2) is 34.5 Å². The summed E-state index contributed by atoms with van der Waals surface area (Å²) >= 11 is 7.96. The highest BCUT2D eigenvalue weighted by Gasteiger charge is 2.42. The van der Waals surface area contributed by atoms with E-state index in [2.05, 4.69) is 4.90 Å². The molecule has 0 saturated carbocycles. The summed E-state index contributed by atoms with van der Waals surface area (Å²) in [5.41, 5.74) is 0.808. The first kappa shape index (κ1) is 13.3. The van der Waals surface area contributed by atoms with Crippen LogP contribution in [0.3, 0.4) is 0 Å². The second kappa shape index (κ2) is 5.37. The fourth-order valence-electron chi connectivity index (χ4n) is 3.32. The van der Waals surface area contributed by atoms with Gasteiger partial charge in [0.2, 0.25) is 0 Å². The highest BCUT2D eigenvalue weighted by Crippen LogP contribution is 2.38. The van der Waals surface area contributed by atoms with Crippen LogP contribution in [0.2, 0.25) is 0 Å². The molecular weight excluding hydrogens is 278 g/mol. The minimum atomic E-state index is 0.184. The molecule has 2 atom stereocenters. The molecule has 0 aliphatic carbocycles. The van der Waals surface area contributed by atoms with Crippen molar-refractivity contribution in [3.63, 3.8) is 0 Å². The summed E-state index contributed by atoms with van der Waals surface area (Å²) in [6.45, 7) is 0. The van der Waals surface area contributed by atoms with E-state index in [0.29, 0.717) is 12.1 Å². The molecular formula is C15H18ClNOS. The average Bonchev–Trinajstić information content (AvgIpc) is 2.70. The second-order valence-corrected chi connectivity index (χ2v) is 6.89. The number of rotatable bonds is 2. The van der Waals surface area contributed by atoms with Gasteiger partial charge in [0, 0.05) is 27.9 Å². The molecule has 1 aromatic rings. The number of halogens is 1. The van der Waals surface area contributed by atoms with Crippen molar-refractivity contribution in [1.29, 1.82) is 0 Å². The second-order valence-electron chi connectivity index (χ2n) is 5.39. The molecule has 19 heavy (non-hydrogen) atoms. The van der Waals surface area contributed by atoms with E-state index < -0.39 is 0 Å². The lowest BCUT2D eigenvalue weighted by Gasteiger charge is -2.37. The van der Waals surface area contributed by atoms with Crippen molar-refractivity contribution < 1.29 is 4.79 Å². The summed E-state index contributed by atoms with van der Waals surface area (Å²) in [4.78, 5) is 15.9. The number of piperidine rings is 1.